The van der Waals surface area contributed by atoms with Crippen LogP contribution >= 0.6 is 0 Å². The number of aryl methyl sites for hydroxylation is 1. The fraction of sp³-hybridized carbons (Fsp3) is 0.217. The van der Waals surface area contributed by atoms with Crippen molar-refractivity contribution in [1.82, 2.24) is 5.32 Å². The molecule has 0 aliphatic carbocycles. The zero-order chi connectivity index (χ0) is 20.2. The highest BCUT2D eigenvalue weighted by Crippen LogP contribution is 2.26. The second-order valence-electron chi connectivity index (χ2n) is 7.18. The first-order valence-electron chi connectivity index (χ1n) is 9.66. The Morgan fingerprint density at radius 2 is 1.97 bits per heavy atom. The first-order valence-corrected chi connectivity index (χ1v) is 9.66. The van der Waals surface area contributed by atoms with E-state index in [-0.39, 0.29) is 17.6 Å². The monoisotopic (exact) mass is 389 g/mol. The predicted molar refractivity (Wildman–Crippen MR) is 112 cm³/mol. The molecule has 0 fully saturated rings. The zero-order valence-electron chi connectivity index (χ0n) is 16.3. The quantitative estimate of drug-likeness (QED) is 0.695. The molecule has 0 unspecified atom stereocenters. The smallest absolute Gasteiger partial charge is 0.291 e. The lowest BCUT2D eigenvalue weighted by atomic mass is 9.99. The molecule has 4 rings (SSSR count). The number of anilines is 2. The van der Waals surface area contributed by atoms with E-state index >= 15 is 0 Å². The molecule has 1 aromatic heterocycles. The van der Waals surface area contributed by atoms with Gasteiger partial charge in [0.05, 0.1) is 6.26 Å². The lowest BCUT2D eigenvalue weighted by molar-refractivity contribution is 0.0949. The van der Waals surface area contributed by atoms with Gasteiger partial charge in [0, 0.05) is 37.1 Å². The number of hydrogen-bond acceptors (Lipinski definition) is 4. The zero-order valence-corrected chi connectivity index (χ0v) is 16.3. The van der Waals surface area contributed by atoms with Crippen LogP contribution in [0.2, 0.25) is 0 Å². The number of carbonyl (C=O) groups excluding carboxylic acids is 2. The van der Waals surface area contributed by atoms with Gasteiger partial charge in [0.25, 0.3) is 11.8 Å². The van der Waals surface area contributed by atoms with Gasteiger partial charge in [0.2, 0.25) is 0 Å². The van der Waals surface area contributed by atoms with Gasteiger partial charge in [0.15, 0.2) is 5.76 Å². The Hall–Kier alpha value is -3.54. The molecule has 2 N–H and O–H groups in total. The van der Waals surface area contributed by atoms with Crippen molar-refractivity contribution in [2.75, 3.05) is 23.8 Å². The molecule has 0 atom stereocenters. The third-order valence-electron chi connectivity index (χ3n) is 5.08. The van der Waals surface area contributed by atoms with Crippen LogP contribution in [-0.4, -0.2) is 25.4 Å². The normalized spacial score (nSPS) is 12.9. The highest BCUT2D eigenvalue weighted by atomic mass is 16.3. The molecule has 2 aromatic carbocycles. The SMILES string of the molecule is CN1CCCc2cc(CNC(=O)c3cccc(NC(=O)c4ccco4)c3)ccc21. The van der Waals surface area contributed by atoms with E-state index in [4.69, 9.17) is 4.42 Å². The fourth-order valence-electron chi connectivity index (χ4n) is 3.57. The Morgan fingerprint density at radius 3 is 2.79 bits per heavy atom. The number of benzene rings is 2. The molecule has 148 valence electrons. The molecule has 0 saturated heterocycles. The van der Waals surface area contributed by atoms with Gasteiger partial charge in [-0.3, -0.25) is 9.59 Å². The minimum absolute atomic E-state index is 0.186. The lowest BCUT2D eigenvalue weighted by Gasteiger charge is -2.27. The molecule has 6 nitrogen and oxygen atoms in total. The minimum atomic E-state index is -0.355. The van der Waals surface area contributed by atoms with Crippen LogP contribution in [0.3, 0.4) is 0 Å². The largest absolute Gasteiger partial charge is 0.459 e. The number of rotatable bonds is 5. The lowest BCUT2D eigenvalue weighted by Crippen LogP contribution is -2.26. The van der Waals surface area contributed by atoms with Gasteiger partial charge in [-0.25, -0.2) is 0 Å². The molecule has 1 aliphatic rings. The molecule has 6 heteroatoms. The maximum absolute atomic E-state index is 12.6. The molecule has 2 amide bonds. The van der Waals surface area contributed by atoms with Gasteiger partial charge in [-0.15, -0.1) is 0 Å². The fourth-order valence-corrected chi connectivity index (χ4v) is 3.57. The van der Waals surface area contributed by atoms with E-state index in [0.717, 1.165) is 24.9 Å². The van der Waals surface area contributed by atoms with Crippen molar-refractivity contribution in [3.05, 3.63) is 83.3 Å². The maximum Gasteiger partial charge on any atom is 0.291 e. The van der Waals surface area contributed by atoms with Crippen LogP contribution < -0.4 is 15.5 Å². The molecule has 0 bridgehead atoms. The summed E-state index contributed by atoms with van der Waals surface area (Å²) < 4.78 is 5.08. The second-order valence-corrected chi connectivity index (χ2v) is 7.18. The number of amides is 2. The Bertz CT molecular complexity index is 1030. The summed E-state index contributed by atoms with van der Waals surface area (Å²) in [6, 6.07) is 16.4. The van der Waals surface area contributed by atoms with Crippen molar-refractivity contribution in [2.45, 2.75) is 19.4 Å². The van der Waals surface area contributed by atoms with E-state index in [1.807, 2.05) is 0 Å². The molecule has 29 heavy (non-hydrogen) atoms. The van der Waals surface area contributed by atoms with Gasteiger partial charge < -0.3 is 20.0 Å². The molecular formula is C23H23N3O3. The molecule has 0 saturated carbocycles. The number of fused-ring (bicyclic) bond motifs is 1. The topological polar surface area (TPSA) is 74.6 Å². The third kappa shape index (κ3) is 4.32. The van der Waals surface area contributed by atoms with E-state index in [2.05, 4.69) is 40.8 Å². The Kier molecular flexibility index (Phi) is 5.33. The summed E-state index contributed by atoms with van der Waals surface area (Å²) in [5, 5.41) is 5.69. The molecule has 0 radical (unpaired) electrons. The van der Waals surface area contributed by atoms with Crippen LogP contribution in [-0.2, 0) is 13.0 Å². The molecular weight excluding hydrogens is 366 g/mol. The predicted octanol–water partition coefficient (Wildman–Crippen LogP) is 3.84. The number of hydrogen-bond donors (Lipinski definition) is 2. The van der Waals surface area contributed by atoms with Crippen molar-refractivity contribution in [3.8, 4) is 0 Å². The van der Waals surface area contributed by atoms with Crippen LogP contribution in [0, 0.1) is 0 Å². The summed E-state index contributed by atoms with van der Waals surface area (Å²) in [5.41, 5.74) is 4.70. The maximum atomic E-state index is 12.6. The summed E-state index contributed by atoms with van der Waals surface area (Å²) in [6.45, 7) is 1.54. The van der Waals surface area contributed by atoms with E-state index < -0.39 is 0 Å². The minimum Gasteiger partial charge on any atom is -0.459 e. The molecule has 1 aliphatic heterocycles. The van der Waals surface area contributed by atoms with Gasteiger partial charge in [-0.2, -0.15) is 0 Å². The average molecular weight is 389 g/mol. The Balaban J connectivity index is 1.39. The number of nitrogens with zero attached hydrogens (tertiary/aromatic N) is 1. The summed E-state index contributed by atoms with van der Waals surface area (Å²) in [6.07, 6.45) is 3.66. The first kappa shape index (κ1) is 18.8. The van der Waals surface area contributed by atoms with Gasteiger partial charge >= 0.3 is 0 Å². The van der Waals surface area contributed by atoms with E-state index in [9.17, 15) is 9.59 Å². The van der Waals surface area contributed by atoms with Crippen molar-refractivity contribution in [2.24, 2.45) is 0 Å². The highest BCUT2D eigenvalue weighted by molar-refractivity contribution is 6.03. The number of furan rings is 1. The molecule has 2 heterocycles. The van der Waals surface area contributed by atoms with Gasteiger partial charge in [-0.05, 0) is 60.4 Å². The van der Waals surface area contributed by atoms with E-state index in [1.54, 1.807) is 36.4 Å². The summed E-state index contributed by atoms with van der Waals surface area (Å²) in [4.78, 5) is 26.9. The van der Waals surface area contributed by atoms with E-state index in [1.165, 1.54) is 17.5 Å². The van der Waals surface area contributed by atoms with E-state index in [0.29, 0.717) is 17.8 Å². The van der Waals surface area contributed by atoms with Crippen molar-refractivity contribution >= 4 is 23.2 Å². The molecule has 3 aromatic rings. The summed E-state index contributed by atoms with van der Waals surface area (Å²) in [5.74, 6) is -0.321. The number of carbonyl (C=O) groups is 2. The summed E-state index contributed by atoms with van der Waals surface area (Å²) >= 11 is 0. The third-order valence-corrected chi connectivity index (χ3v) is 5.08. The van der Waals surface area contributed by atoms with Crippen LogP contribution in [0.15, 0.2) is 65.3 Å². The van der Waals surface area contributed by atoms with Gasteiger partial charge in [-0.1, -0.05) is 18.2 Å². The molecule has 0 spiro atoms. The summed E-state index contributed by atoms with van der Waals surface area (Å²) in [7, 11) is 2.11. The van der Waals surface area contributed by atoms with Crippen LogP contribution in [0.25, 0.3) is 0 Å². The first-order chi connectivity index (χ1) is 14.1. The van der Waals surface area contributed by atoms with Crippen LogP contribution in [0.5, 0.6) is 0 Å². The standard InChI is InChI=1S/C23H23N3O3/c1-26-11-3-6-17-13-16(9-10-20(17)26)15-24-22(27)18-5-2-7-19(14-18)25-23(28)21-8-4-12-29-21/h2,4-5,7-10,12-14H,3,6,11,15H2,1H3,(H,24,27)(H,25,28). The Morgan fingerprint density at radius 1 is 1.07 bits per heavy atom. The van der Waals surface area contributed by atoms with Crippen LogP contribution in [0.1, 0.15) is 38.5 Å². The number of nitrogens with one attached hydrogen (secondary N) is 2. The van der Waals surface area contributed by atoms with Crippen molar-refractivity contribution < 1.29 is 14.0 Å². The van der Waals surface area contributed by atoms with Gasteiger partial charge in [0.1, 0.15) is 0 Å². The second kappa shape index (κ2) is 8.22. The average Bonchev–Trinajstić information content (AvgIpc) is 3.27. The Labute approximate surface area is 169 Å². The van der Waals surface area contributed by atoms with Crippen LogP contribution in [0.4, 0.5) is 11.4 Å². The van der Waals surface area contributed by atoms with Crippen molar-refractivity contribution in [3.63, 3.8) is 0 Å². The highest BCUT2D eigenvalue weighted by Gasteiger charge is 2.14. The van der Waals surface area contributed by atoms with Crippen molar-refractivity contribution in [1.29, 1.82) is 0 Å².